The highest BCUT2D eigenvalue weighted by Crippen LogP contribution is 2.27. The van der Waals surface area contributed by atoms with Crippen LogP contribution in [0.5, 0.6) is 0 Å². The predicted octanol–water partition coefficient (Wildman–Crippen LogP) is 5.05. The lowest BCUT2D eigenvalue weighted by atomic mass is 10.0. The normalized spacial score (nSPS) is 12.2. The largest absolute Gasteiger partial charge is 0.350 e. The predicted molar refractivity (Wildman–Crippen MR) is 104 cm³/mol. The molecule has 0 radical (unpaired) electrons. The maximum absolute atomic E-state index is 14.0. The van der Waals surface area contributed by atoms with Crippen molar-refractivity contribution in [1.29, 1.82) is 0 Å². The molecular weight excluding hydrogens is 407 g/mol. The Morgan fingerprint density at radius 3 is 2.52 bits per heavy atom. The molecule has 2 aromatic carbocycles. The lowest BCUT2D eigenvalue weighted by molar-refractivity contribution is 0.0931. The van der Waals surface area contributed by atoms with Crippen molar-refractivity contribution in [3.8, 4) is 0 Å². The molecule has 1 atom stereocenters. The van der Waals surface area contributed by atoms with E-state index in [1.807, 2.05) is 24.3 Å². The van der Waals surface area contributed by atoms with E-state index in [0.717, 1.165) is 18.7 Å². The standard InChI is InChI=1S/C19H21BrClFN2O/c1-3-24(4-2)18(14-7-5-6-8-16(14)21)12-23-19(25)15-10-9-13(20)11-17(15)22/h5-11,18H,3-4,12H2,1-2H3,(H,23,25). The Labute approximate surface area is 161 Å². The van der Waals surface area contributed by atoms with Crippen molar-refractivity contribution in [2.24, 2.45) is 0 Å². The molecule has 134 valence electrons. The number of likely N-dealkylation sites (N-methyl/N-ethyl adjacent to an activating group) is 1. The summed E-state index contributed by atoms with van der Waals surface area (Å²) in [6.45, 7) is 6.09. The first-order valence-corrected chi connectivity index (χ1v) is 9.36. The summed E-state index contributed by atoms with van der Waals surface area (Å²) < 4.78 is 14.6. The molecule has 0 fully saturated rings. The number of rotatable bonds is 7. The number of benzene rings is 2. The van der Waals surface area contributed by atoms with Crippen molar-refractivity contribution in [1.82, 2.24) is 10.2 Å². The third-order valence-corrected chi connectivity index (χ3v) is 4.99. The minimum Gasteiger partial charge on any atom is -0.350 e. The van der Waals surface area contributed by atoms with Gasteiger partial charge in [-0.2, -0.15) is 0 Å². The molecule has 0 aliphatic carbocycles. The summed E-state index contributed by atoms with van der Waals surface area (Å²) >= 11 is 9.54. The number of nitrogens with one attached hydrogen (secondary N) is 1. The van der Waals surface area contributed by atoms with Crippen LogP contribution < -0.4 is 5.32 Å². The highest BCUT2D eigenvalue weighted by Gasteiger charge is 2.22. The summed E-state index contributed by atoms with van der Waals surface area (Å²) in [6, 6.07) is 11.9. The molecule has 2 rings (SSSR count). The molecule has 25 heavy (non-hydrogen) atoms. The van der Waals surface area contributed by atoms with Gasteiger partial charge in [0.15, 0.2) is 0 Å². The second-order valence-electron chi connectivity index (χ2n) is 5.59. The van der Waals surface area contributed by atoms with E-state index in [0.29, 0.717) is 16.0 Å². The van der Waals surface area contributed by atoms with Gasteiger partial charge < -0.3 is 5.32 Å². The van der Waals surface area contributed by atoms with Gasteiger partial charge in [-0.1, -0.05) is 59.6 Å². The number of carbonyl (C=O) groups is 1. The summed E-state index contributed by atoms with van der Waals surface area (Å²) in [5.74, 6) is -0.988. The van der Waals surface area contributed by atoms with Crippen LogP contribution in [0.25, 0.3) is 0 Å². The maximum Gasteiger partial charge on any atom is 0.254 e. The molecule has 1 N–H and O–H groups in total. The third-order valence-electron chi connectivity index (χ3n) is 4.15. The zero-order chi connectivity index (χ0) is 18.4. The number of hydrogen-bond acceptors (Lipinski definition) is 2. The summed E-state index contributed by atoms with van der Waals surface area (Å²) in [5.41, 5.74) is 0.977. The monoisotopic (exact) mass is 426 g/mol. The fraction of sp³-hybridized carbons (Fsp3) is 0.316. The molecule has 0 aliphatic heterocycles. The Morgan fingerprint density at radius 2 is 1.92 bits per heavy atom. The molecule has 0 bridgehead atoms. The summed E-state index contributed by atoms with van der Waals surface area (Å²) in [7, 11) is 0. The van der Waals surface area contributed by atoms with Gasteiger partial charge in [0.1, 0.15) is 5.82 Å². The molecule has 0 spiro atoms. The van der Waals surface area contributed by atoms with Crippen molar-refractivity contribution in [2.75, 3.05) is 19.6 Å². The van der Waals surface area contributed by atoms with Gasteiger partial charge >= 0.3 is 0 Å². The fourth-order valence-corrected chi connectivity index (χ4v) is 3.40. The van der Waals surface area contributed by atoms with Crippen molar-refractivity contribution in [3.63, 3.8) is 0 Å². The summed E-state index contributed by atoms with van der Waals surface area (Å²) in [6.07, 6.45) is 0. The molecule has 1 unspecified atom stereocenters. The Balaban J connectivity index is 2.20. The first-order chi connectivity index (χ1) is 12.0. The van der Waals surface area contributed by atoms with Crippen LogP contribution in [0.4, 0.5) is 4.39 Å². The molecule has 0 aromatic heterocycles. The van der Waals surface area contributed by atoms with Crippen LogP contribution in [0.15, 0.2) is 46.9 Å². The number of nitrogens with zero attached hydrogens (tertiary/aromatic N) is 1. The van der Waals surface area contributed by atoms with E-state index in [4.69, 9.17) is 11.6 Å². The van der Waals surface area contributed by atoms with Crippen molar-refractivity contribution in [3.05, 3.63) is 68.9 Å². The van der Waals surface area contributed by atoms with E-state index in [2.05, 4.69) is 40.0 Å². The van der Waals surface area contributed by atoms with E-state index < -0.39 is 11.7 Å². The second kappa shape index (κ2) is 9.32. The quantitative estimate of drug-likeness (QED) is 0.670. The maximum atomic E-state index is 14.0. The second-order valence-corrected chi connectivity index (χ2v) is 6.92. The van der Waals surface area contributed by atoms with Crippen LogP contribution in [-0.4, -0.2) is 30.4 Å². The van der Waals surface area contributed by atoms with Crippen LogP contribution in [-0.2, 0) is 0 Å². The van der Waals surface area contributed by atoms with Gasteiger partial charge in [0, 0.05) is 16.0 Å². The summed E-state index contributed by atoms with van der Waals surface area (Å²) in [4.78, 5) is 14.6. The minimum atomic E-state index is -0.552. The molecule has 0 saturated carbocycles. The Morgan fingerprint density at radius 1 is 1.24 bits per heavy atom. The van der Waals surface area contributed by atoms with Crippen LogP contribution in [0.2, 0.25) is 5.02 Å². The van der Waals surface area contributed by atoms with Gasteiger partial charge in [-0.25, -0.2) is 4.39 Å². The van der Waals surface area contributed by atoms with Gasteiger partial charge in [0.2, 0.25) is 0 Å². The number of amides is 1. The highest BCUT2D eigenvalue weighted by atomic mass is 79.9. The molecular formula is C19H21BrClFN2O. The van der Waals surface area contributed by atoms with Crippen LogP contribution in [0.3, 0.4) is 0 Å². The van der Waals surface area contributed by atoms with E-state index >= 15 is 0 Å². The first kappa shape index (κ1) is 19.9. The lowest BCUT2D eigenvalue weighted by Gasteiger charge is -2.31. The lowest BCUT2D eigenvalue weighted by Crippen LogP contribution is -2.38. The van der Waals surface area contributed by atoms with Crippen LogP contribution in [0, 0.1) is 5.82 Å². The van der Waals surface area contributed by atoms with Gasteiger partial charge in [-0.05, 0) is 42.9 Å². The van der Waals surface area contributed by atoms with E-state index in [1.165, 1.54) is 12.1 Å². The first-order valence-electron chi connectivity index (χ1n) is 8.19. The number of hydrogen-bond donors (Lipinski definition) is 1. The van der Waals surface area contributed by atoms with E-state index in [9.17, 15) is 9.18 Å². The van der Waals surface area contributed by atoms with Gasteiger partial charge in [0.25, 0.3) is 5.91 Å². The van der Waals surface area contributed by atoms with Crippen molar-refractivity contribution < 1.29 is 9.18 Å². The minimum absolute atomic E-state index is 0.0284. The molecule has 3 nitrogen and oxygen atoms in total. The van der Waals surface area contributed by atoms with Crippen LogP contribution >= 0.6 is 27.5 Å². The highest BCUT2D eigenvalue weighted by molar-refractivity contribution is 9.10. The summed E-state index contributed by atoms with van der Waals surface area (Å²) in [5, 5.41) is 3.50. The Hall–Kier alpha value is -1.43. The topological polar surface area (TPSA) is 32.3 Å². The third kappa shape index (κ3) is 5.03. The fourth-order valence-electron chi connectivity index (χ4n) is 2.80. The number of halogens is 3. The van der Waals surface area contributed by atoms with Crippen molar-refractivity contribution >= 4 is 33.4 Å². The zero-order valence-electron chi connectivity index (χ0n) is 14.2. The molecule has 1 amide bonds. The van der Waals surface area contributed by atoms with Crippen LogP contribution in [0.1, 0.15) is 35.8 Å². The van der Waals surface area contributed by atoms with E-state index in [-0.39, 0.29) is 11.6 Å². The molecule has 0 saturated heterocycles. The SMILES string of the molecule is CCN(CC)C(CNC(=O)c1ccc(Br)cc1F)c1ccccc1Cl. The Kier molecular flexibility index (Phi) is 7.41. The number of carbonyl (C=O) groups excluding carboxylic acids is 1. The molecule has 0 aliphatic rings. The van der Waals surface area contributed by atoms with Gasteiger partial charge in [0.05, 0.1) is 11.6 Å². The van der Waals surface area contributed by atoms with Gasteiger partial charge in [-0.15, -0.1) is 0 Å². The molecule has 2 aromatic rings. The van der Waals surface area contributed by atoms with Gasteiger partial charge in [-0.3, -0.25) is 9.69 Å². The zero-order valence-corrected chi connectivity index (χ0v) is 16.6. The average Bonchev–Trinajstić information content (AvgIpc) is 2.59. The average molecular weight is 428 g/mol. The Bertz CT molecular complexity index is 737. The molecule has 6 heteroatoms. The van der Waals surface area contributed by atoms with E-state index in [1.54, 1.807) is 6.07 Å². The smallest absolute Gasteiger partial charge is 0.254 e. The molecule has 0 heterocycles. The van der Waals surface area contributed by atoms with Crippen molar-refractivity contribution in [2.45, 2.75) is 19.9 Å².